The molecule has 0 bridgehead atoms. The van der Waals surface area contributed by atoms with Gasteiger partial charge in [-0.15, -0.1) is 0 Å². The molecule has 0 aromatic rings. The second kappa shape index (κ2) is 6.21. The minimum Gasteiger partial charge on any atom is -0.330 e. The highest BCUT2D eigenvalue weighted by Gasteiger charge is 2.00. The van der Waals surface area contributed by atoms with Gasteiger partial charge < -0.3 is 5.73 Å². The van der Waals surface area contributed by atoms with Crippen molar-refractivity contribution in [3.8, 4) is 0 Å². The molecule has 1 atom stereocenters. The first-order valence-corrected chi connectivity index (χ1v) is 4.05. The summed E-state index contributed by atoms with van der Waals surface area (Å²) in [5, 5.41) is 0. The molecule has 0 aromatic carbocycles. The Morgan fingerprint density at radius 1 is 1.33 bits per heavy atom. The van der Waals surface area contributed by atoms with Gasteiger partial charge in [0.25, 0.3) is 0 Å². The predicted octanol–water partition coefficient (Wildman–Crippen LogP) is -0.556. The van der Waals surface area contributed by atoms with E-state index < -0.39 is 0 Å². The smallest absolute Gasteiger partial charge is 0.101 e. The van der Waals surface area contributed by atoms with Gasteiger partial charge >= 0.3 is 0 Å². The maximum atomic E-state index is 5.52. The lowest BCUT2D eigenvalue weighted by atomic mass is 9.86. The summed E-state index contributed by atoms with van der Waals surface area (Å²) in [5.41, 5.74) is 5.52. The summed E-state index contributed by atoms with van der Waals surface area (Å²) < 4.78 is 0. The van der Waals surface area contributed by atoms with Gasteiger partial charge in [0.1, 0.15) is 15.7 Å². The van der Waals surface area contributed by atoms with Crippen molar-refractivity contribution in [3.05, 3.63) is 0 Å². The van der Waals surface area contributed by atoms with E-state index in [0.29, 0.717) is 0 Å². The van der Waals surface area contributed by atoms with Crippen molar-refractivity contribution in [2.45, 2.75) is 25.5 Å². The van der Waals surface area contributed by atoms with Gasteiger partial charge in [-0.3, -0.25) is 0 Å². The maximum absolute atomic E-state index is 5.52. The Hall–Kier alpha value is 0.0899. The van der Waals surface area contributed by atoms with Crippen LogP contribution < -0.4 is 5.73 Å². The molecule has 9 heavy (non-hydrogen) atoms. The Kier molecular flexibility index (Phi) is 6.28. The number of hydrogen-bond acceptors (Lipinski definition) is 1. The topological polar surface area (TPSA) is 26.0 Å². The first kappa shape index (κ1) is 9.09. The van der Waals surface area contributed by atoms with E-state index in [9.17, 15) is 0 Å². The standard InChI is InChI=1S/C6H17B2N/c7-3-1-2-6(4-8)5-9/h6H,1-5,7-9H2. The van der Waals surface area contributed by atoms with Crippen LogP contribution in [0.5, 0.6) is 0 Å². The van der Waals surface area contributed by atoms with E-state index in [-0.39, 0.29) is 0 Å². The summed E-state index contributed by atoms with van der Waals surface area (Å²) in [6.07, 6.45) is 5.21. The van der Waals surface area contributed by atoms with E-state index in [0.717, 1.165) is 12.5 Å². The summed E-state index contributed by atoms with van der Waals surface area (Å²) >= 11 is 0. The third-order valence-electron chi connectivity index (χ3n) is 1.88. The third kappa shape index (κ3) is 4.58. The van der Waals surface area contributed by atoms with E-state index in [1.165, 1.54) is 25.5 Å². The van der Waals surface area contributed by atoms with Crippen molar-refractivity contribution in [1.82, 2.24) is 0 Å². The zero-order valence-electron chi connectivity index (χ0n) is 6.69. The van der Waals surface area contributed by atoms with Crippen LogP contribution in [0.25, 0.3) is 0 Å². The van der Waals surface area contributed by atoms with Gasteiger partial charge in [0, 0.05) is 0 Å². The van der Waals surface area contributed by atoms with Crippen LogP contribution in [0.3, 0.4) is 0 Å². The van der Waals surface area contributed by atoms with Crippen molar-refractivity contribution in [3.63, 3.8) is 0 Å². The lowest BCUT2D eigenvalue weighted by molar-refractivity contribution is 0.536. The van der Waals surface area contributed by atoms with E-state index in [4.69, 9.17) is 5.73 Å². The number of rotatable bonds is 5. The molecule has 0 saturated heterocycles. The predicted molar refractivity (Wildman–Crippen MR) is 48.5 cm³/mol. The summed E-state index contributed by atoms with van der Waals surface area (Å²) in [6, 6.07) is 0. The normalized spacial score (nSPS) is 13.4. The van der Waals surface area contributed by atoms with E-state index >= 15 is 0 Å². The average Bonchev–Trinajstić information content (AvgIpc) is 1.91. The first-order valence-electron chi connectivity index (χ1n) is 4.05. The monoisotopic (exact) mass is 125 g/mol. The fraction of sp³-hybridized carbons (Fsp3) is 1.00. The van der Waals surface area contributed by atoms with Crippen molar-refractivity contribution in [2.75, 3.05) is 6.54 Å². The molecule has 1 unspecified atom stereocenters. The molecular formula is C6H17B2N. The SMILES string of the molecule is BCCCC(CB)CN. The molecule has 0 spiro atoms. The molecule has 0 amide bonds. The molecule has 0 rings (SSSR count). The molecule has 0 saturated carbocycles. The van der Waals surface area contributed by atoms with E-state index in [2.05, 4.69) is 15.7 Å². The zero-order chi connectivity index (χ0) is 7.11. The Balaban J connectivity index is 3.09. The lowest BCUT2D eigenvalue weighted by Gasteiger charge is -2.09. The summed E-state index contributed by atoms with van der Waals surface area (Å²) in [6.45, 7) is 0.872. The Morgan fingerprint density at radius 2 is 2.00 bits per heavy atom. The molecule has 0 heterocycles. The number of nitrogens with two attached hydrogens (primary N) is 1. The minimum absolute atomic E-state index is 0.782. The van der Waals surface area contributed by atoms with E-state index in [1.807, 2.05) is 0 Å². The Bertz CT molecular complexity index is 55.0. The minimum atomic E-state index is 0.782. The molecule has 3 heteroatoms. The Labute approximate surface area is 60.2 Å². The van der Waals surface area contributed by atoms with Gasteiger partial charge in [-0.2, -0.15) is 0 Å². The summed E-state index contributed by atoms with van der Waals surface area (Å²) in [5.74, 6) is 0.782. The van der Waals surface area contributed by atoms with Crippen LogP contribution in [0.1, 0.15) is 12.8 Å². The largest absolute Gasteiger partial charge is 0.330 e. The van der Waals surface area contributed by atoms with Gasteiger partial charge in [-0.1, -0.05) is 25.5 Å². The van der Waals surface area contributed by atoms with Crippen molar-refractivity contribution in [1.29, 1.82) is 0 Å². The van der Waals surface area contributed by atoms with Crippen molar-refractivity contribution >= 4 is 15.7 Å². The highest BCUT2D eigenvalue weighted by molar-refractivity contribution is 6.09. The molecule has 0 aliphatic heterocycles. The maximum Gasteiger partial charge on any atom is 0.101 e. The molecule has 0 aliphatic carbocycles. The molecular weight excluding hydrogens is 108 g/mol. The van der Waals surface area contributed by atoms with Gasteiger partial charge in [0.15, 0.2) is 0 Å². The highest BCUT2D eigenvalue weighted by Crippen LogP contribution is 2.08. The quantitative estimate of drug-likeness (QED) is 0.489. The van der Waals surface area contributed by atoms with Gasteiger partial charge in [-0.05, 0) is 12.5 Å². The van der Waals surface area contributed by atoms with Crippen molar-refractivity contribution in [2.24, 2.45) is 11.7 Å². The molecule has 52 valence electrons. The van der Waals surface area contributed by atoms with Gasteiger partial charge in [0.05, 0.1) is 0 Å². The van der Waals surface area contributed by atoms with Gasteiger partial charge in [-0.25, -0.2) is 0 Å². The molecule has 0 aromatic heterocycles. The van der Waals surface area contributed by atoms with Crippen LogP contribution in [0.4, 0.5) is 0 Å². The first-order chi connectivity index (χ1) is 4.35. The van der Waals surface area contributed by atoms with Crippen molar-refractivity contribution < 1.29 is 0 Å². The van der Waals surface area contributed by atoms with Crippen LogP contribution >= 0.6 is 0 Å². The second-order valence-corrected chi connectivity index (χ2v) is 2.65. The molecule has 0 fully saturated rings. The van der Waals surface area contributed by atoms with E-state index in [1.54, 1.807) is 0 Å². The fourth-order valence-corrected chi connectivity index (χ4v) is 0.981. The third-order valence-corrected chi connectivity index (χ3v) is 1.88. The van der Waals surface area contributed by atoms with Crippen LogP contribution in [0.2, 0.25) is 12.6 Å². The van der Waals surface area contributed by atoms with Crippen LogP contribution in [-0.4, -0.2) is 22.2 Å². The lowest BCUT2D eigenvalue weighted by Crippen LogP contribution is -2.13. The molecule has 2 N–H and O–H groups in total. The zero-order valence-corrected chi connectivity index (χ0v) is 6.69. The summed E-state index contributed by atoms with van der Waals surface area (Å²) in [4.78, 5) is 0. The fourth-order valence-electron chi connectivity index (χ4n) is 0.981. The van der Waals surface area contributed by atoms with Crippen LogP contribution in [0.15, 0.2) is 0 Å². The second-order valence-electron chi connectivity index (χ2n) is 2.65. The average molecular weight is 125 g/mol. The Morgan fingerprint density at radius 3 is 2.33 bits per heavy atom. The summed E-state index contributed by atoms with van der Waals surface area (Å²) in [7, 11) is 4.44. The van der Waals surface area contributed by atoms with Crippen LogP contribution in [0, 0.1) is 5.92 Å². The highest BCUT2D eigenvalue weighted by atomic mass is 14.5. The molecule has 1 nitrogen and oxygen atoms in total. The van der Waals surface area contributed by atoms with Crippen LogP contribution in [-0.2, 0) is 0 Å². The number of hydrogen-bond donors (Lipinski definition) is 1. The molecule has 0 aliphatic rings. The molecule has 0 radical (unpaired) electrons. The van der Waals surface area contributed by atoms with Gasteiger partial charge in [0.2, 0.25) is 0 Å².